The molecule has 0 atom stereocenters. The summed E-state index contributed by atoms with van der Waals surface area (Å²) in [4.78, 5) is 12.0. The van der Waals surface area contributed by atoms with Crippen LogP contribution in [0.2, 0.25) is 0 Å². The van der Waals surface area contributed by atoms with Crippen molar-refractivity contribution in [1.82, 2.24) is 15.0 Å². The van der Waals surface area contributed by atoms with Crippen molar-refractivity contribution in [3.8, 4) is 0 Å². The summed E-state index contributed by atoms with van der Waals surface area (Å²) in [5, 5.41) is 11.7. The minimum Gasteiger partial charge on any atom is -0.398 e. The Kier molecular flexibility index (Phi) is 3.91. The third-order valence-electron chi connectivity index (χ3n) is 4.28. The molecular weight excluding hydrogens is 316 g/mol. The zero-order valence-corrected chi connectivity index (χ0v) is 13.5. The number of benzene rings is 1. The van der Waals surface area contributed by atoms with E-state index in [0.29, 0.717) is 23.7 Å². The van der Waals surface area contributed by atoms with Crippen LogP contribution in [0.3, 0.4) is 0 Å². The highest BCUT2D eigenvalue weighted by atomic mass is 16.5. The van der Waals surface area contributed by atoms with Crippen molar-refractivity contribution in [2.24, 2.45) is 0 Å². The van der Waals surface area contributed by atoms with Crippen molar-refractivity contribution in [3.05, 3.63) is 47.9 Å². The van der Waals surface area contributed by atoms with Gasteiger partial charge in [0.05, 0.1) is 18.6 Å². The van der Waals surface area contributed by atoms with Gasteiger partial charge in [-0.25, -0.2) is 9.97 Å². The van der Waals surface area contributed by atoms with Gasteiger partial charge in [-0.05, 0) is 30.2 Å². The fraction of sp³-hybridized carbons (Fsp3) is 0.167. The second-order valence-electron chi connectivity index (χ2n) is 5.82. The Labute approximate surface area is 144 Å². The third-order valence-corrected chi connectivity index (χ3v) is 4.28. The standard InChI is InChI=1S/C18H18N6O/c19-8-12-7-13(1-2-15(12)20)24-18-16-14(11-3-5-25-6-4-11)9-21-17(16)22-10-23-18/h1-3,7-10,19H,4-6,20H2,(H2,21,22,23,24). The lowest BCUT2D eigenvalue weighted by atomic mass is 10.0. The Morgan fingerprint density at radius 1 is 1.32 bits per heavy atom. The van der Waals surface area contributed by atoms with E-state index in [1.807, 2.05) is 18.3 Å². The van der Waals surface area contributed by atoms with Gasteiger partial charge in [-0.15, -0.1) is 0 Å². The summed E-state index contributed by atoms with van der Waals surface area (Å²) in [6.45, 7) is 1.34. The van der Waals surface area contributed by atoms with Crippen molar-refractivity contribution < 1.29 is 4.74 Å². The number of nitrogens with zero attached hydrogens (tertiary/aromatic N) is 2. The van der Waals surface area contributed by atoms with Crippen molar-refractivity contribution in [1.29, 1.82) is 5.41 Å². The minimum absolute atomic E-state index is 0.572. The van der Waals surface area contributed by atoms with Crippen LogP contribution >= 0.6 is 0 Å². The van der Waals surface area contributed by atoms with E-state index in [-0.39, 0.29) is 0 Å². The largest absolute Gasteiger partial charge is 0.398 e. The van der Waals surface area contributed by atoms with Gasteiger partial charge in [-0.3, -0.25) is 0 Å². The lowest BCUT2D eigenvalue weighted by Gasteiger charge is -2.14. The molecule has 0 radical (unpaired) electrons. The molecule has 0 spiro atoms. The van der Waals surface area contributed by atoms with Gasteiger partial charge < -0.3 is 26.2 Å². The molecule has 3 heterocycles. The van der Waals surface area contributed by atoms with Crippen molar-refractivity contribution in [3.63, 3.8) is 0 Å². The predicted octanol–water partition coefficient (Wildman–Crippen LogP) is 3.09. The number of nitrogen functional groups attached to an aromatic ring is 1. The van der Waals surface area contributed by atoms with Crippen molar-refractivity contribution in [2.75, 3.05) is 24.3 Å². The smallest absolute Gasteiger partial charge is 0.143 e. The Morgan fingerprint density at radius 2 is 2.24 bits per heavy atom. The maximum Gasteiger partial charge on any atom is 0.143 e. The van der Waals surface area contributed by atoms with Crippen LogP contribution in [-0.4, -0.2) is 34.4 Å². The highest BCUT2D eigenvalue weighted by Gasteiger charge is 2.16. The monoisotopic (exact) mass is 334 g/mol. The van der Waals surface area contributed by atoms with Crippen LogP contribution in [0.1, 0.15) is 17.5 Å². The SMILES string of the molecule is N=Cc1cc(Nc2ncnc3[nH]cc(C4=CCOCC4)c23)ccc1N. The lowest BCUT2D eigenvalue weighted by Crippen LogP contribution is -2.04. The highest BCUT2D eigenvalue weighted by Crippen LogP contribution is 2.33. The van der Waals surface area contributed by atoms with Crippen LogP contribution in [0, 0.1) is 5.41 Å². The summed E-state index contributed by atoms with van der Waals surface area (Å²) < 4.78 is 5.41. The van der Waals surface area contributed by atoms with Crippen LogP contribution < -0.4 is 11.1 Å². The maximum absolute atomic E-state index is 7.45. The molecule has 4 rings (SSSR count). The summed E-state index contributed by atoms with van der Waals surface area (Å²) in [6.07, 6.45) is 7.69. The second kappa shape index (κ2) is 6.37. The normalized spacial score (nSPS) is 14.3. The number of ether oxygens (including phenoxy) is 1. The van der Waals surface area contributed by atoms with E-state index in [1.54, 1.807) is 6.07 Å². The number of nitrogens with one attached hydrogen (secondary N) is 3. The van der Waals surface area contributed by atoms with Crippen LogP contribution in [0.25, 0.3) is 16.6 Å². The highest BCUT2D eigenvalue weighted by molar-refractivity contribution is 5.99. The summed E-state index contributed by atoms with van der Waals surface area (Å²) in [5.41, 5.74) is 11.0. The molecule has 0 amide bonds. The number of fused-ring (bicyclic) bond motifs is 1. The zero-order valence-electron chi connectivity index (χ0n) is 13.5. The fourth-order valence-corrected chi connectivity index (χ4v) is 3.00. The van der Waals surface area contributed by atoms with Gasteiger partial charge in [0, 0.05) is 34.9 Å². The zero-order chi connectivity index (χ0) is 17.2. The summed E-state index contributed by atoms with van der Waals surface area (Å²) >= 11 is 0. The number of anilines is 3. The average Bonchev–Trinajstić information content (AvgIpc) is 3.09. The molecule has 2 aromatic heterocycles. The molecule has 0 fully saturated rings. The second-order valence-corrected chi connectivity index (χ2v) is 5.82. The average molecular weight is 334 g/mol. The van der Waals surface area contributed by atoms with Crippen LogP contribution in [-0.2, 0) is 4.74 Å². The van der Waals surface area contributed by atoms with E-state index < -0.39 is 0 Å². The van der Waals surface area contributed by atoms with Crippen LogP contribution in [0.4, 0.5) is 17.2 Å². The predicted molar refractivity (Wildman–Crippen MR) is 99.3 cm³/mol. The van der Waals surface area contributed by atoms with E-state index in [9.17, 15) is 0 Å². The third kappa shape index (κ3) is 2.85. The molecule has 0 saturated carbocycles. The van der Waals surface area contributed by atoms with Crippen molar-refractivity contribution >= 4 is 40.0 Å². The first-order valence-corrected chi connectivity index (χ1v) is 8.02. The molecule has 5 N–H and O–H groups in total. The molecule has 0 saturated heterocycles. The first-order chi connectivity index (χ1) is 12.3. The molecule has 25 heavy (non-hydrogen) atoms. The van der Waals surface area contributed by atoms with E-state index in [2.05, 4.69) is 26.3 Å². The molecule has 7 nitrogen and oxygen atoms in total. The number of hydrogen-bond donors (Lipinski definition) is 4. The Balaban J connectivity index is 1.78. The number of hydrogen-bond acceptors (Lipinski definition) is 6. The number of H-pyrrole nitrogens is 1. The number of nitrogens with two attached hydrogens (primary N) is 1. The number of aromatic nitrogens is 3. The molecule has 1 aliphatic rings. The van der Waals surface area contributed by atoms with Gasteiger partial charge in [0.15, 0.2) is 0 Å². The van der Waals surface area contributed by atoms with Gasteiger partial charge in [0.25, 0.3) is 0 Å². The van der Waals surface area contributed by atoms with E-state index in [0.717, 1.165) is 35.3 Å². The quantitative estimate of drug-likeness (QED) is 0.432. The Hall–Kier alpha value is -3.19. The number of aromatic amines is 1. The van der Waals surface area contributed by atoms with Gasteiger partial charge in [-0.1, -0.05) is 6.08 Å². The van der Waals surface area contributed by atoms with Crippen molar-refractivity contribution in [2.45, 2.75) is 6.42 Å². The first kappa shape index (κ1) is 15.3. The summed E-state index contributed by atoms with van der Waals surface area (Å²) in [5.74, 6) is 0.717. The Bertz CT molecular complexity index is 975. The van der Waals surface area contributed by atoms with Gasteiger partial charge in [-0.2, -0.15) is 0 Å². The van der Waals surface area contributed by atoms with Crippen LogP contribution in [0.5, 0.6) is 0 Å². The van der Waals surface area contributed by atoms with Crippen LogP contribution in [0.15, 0.2) is 36.8 Å². The van der Waals surface area contributed by atoms with E-state index in [1.165, 1.54) is 18.1 Å². The molecule has 3 aromatic rings. The molecule has 0 bridgehead atoms. The first-order valence-electron chi connectivity index (χ1n) is 8.02. The minimum atomic E-state index is 0.572. The van der Waals surface area contributed by atoms with E-state index in [4.69, 9.17) is 15.9 Å². The number of rotatable bonds is 4. The molecule has 0 aliphatic carbocycles. The van der Waals surface area contributed by atoms with Gasteiger partial charge in [0.2, 0.25) is 0 Å². The van der Waals surface area contributed by atoms with Gasteiger partial charge in [0.1, 0.15) is 17.8 Å². The fourth-order valence-electron chi connectivity index (χ4n) is 3.00. The molecule has 1 aromatic carbocycles. The molecule has 126 valence electrons. The summed E-state index contributed by atoms with van der Waals surface area (Å²) in [7, 11) is 0. The lowest BCUT2D eigenvalue weighted by molar-refractivity contribution is 0.161. The topological polar surface area (TPSA) is 113 Å². The molecule has 7 heteroatoms. The Morgan fingerprint density at radius 3 is 3.04 bits per heavy atom. The maximum atomic E-state index is 7.45. The molecule has 0 unspecified atom stereocenters. The molecule has 1 aliphatic heterocycles. The summed E-state index contributed by atoms with van der Waals surface area (Å²) in [6, 6.07) is 5.48. The molecular formula is C18H18N6O. The van der Waals surface area contributed by atoms with Gasteiger partial charge >= 0.3 is 0 Å². The van der Waals surface area contributed by atoms with E-state index >= 15 is 0 Å².